The van der Waals surface area contributed by atoms with Crippen LogP contribution in [0.1, 0.15) is 12.8 Å². The predicted molar refractivity (Wildman–Crippen MR) is 79.5 cm³/mol. The summed E-state index contributed by atoms with van der Waals surface area (Å²) in [6, 6.07) is 6.27. The van der Waals surface area contributed by atoms with Crippen molar-refractivity contribution < 1.29 is 13.2 Å². The van der Waals surface area contributed by atoms with Crippen LogP contribution < -0.4 is 0 Å². The van der Waals surface area contributed by atoms with E-state index in [1.165, 1.54) is 10.4 Å². The molecule has 0 radical (unpaired) electrons. The number of hydrogen-bond donors (Lipinski definition) is 0. The third kappa shape index (κ3) is 3.07. The Bertz CT molecular complexity index is 650. The number of piperazine rings is 1. The van der Waals surface area contributed by atoms with Gasteiger partial charge in [-0.2, -0.15) is 4.31 Å². The summed E-state index contributed by atoms with van der Waals surface area (Å²) >= 11 is 5.86. The number of amides is 1. The molecule has 2 aliphatic rings. The molecule has 0 unspecified atom stereocenters. The zero-order chi connectivity index (χ0) is 15.0. The Labute approximate surface area is 129 Å². The van der Waals surface area contributed by atoms with E-state index in [-0.39, 0.29) is 16.7 Å². The van der Waals surface area contributed by atoms with Crippen molar-refractivity contribution in [3.05, 3.63) is 29.3 Å². The zero-order valence-electron chi connectivity index (χ0n) is 11.5. The molecule has 0 bridgehead atoms. The first kappa shape index (κ1) is 14.8. The maximum absolute atomic E-state index is 12.5. The van der Waals surface area contributed by atoms with E-state index in [2.05, 4.69) is 0 Å². The van der Waals surface area contributed by atoms with Crippen molar-refractivity contribution in [2.75, 3.05) is 26.2 Å². The van der Waals surface area contributed by atoms with Gasteiger partial charge in [-0.3, -0.25) is 4.79 Å². The molecule has 1 heterocycles. The lowest BCUT2D eigenvalue weighted by Crippen LogP contribution is -2.50. The van der Waals surface area contributed by atoms with Crippen LogP contribution >= 0.6 is 11.6 Å². The van der Waals surface area contributed by atoms with Crippen molar-refractivity contribution in [2.45, 2.75) is 17.7 Å². The second-order valence-corrected chi connectivity index (χ2v) is 7.84. The standard InChI is InChI=1S/C14H17ClN2O3S/c15-12-2-1-3-13(10-12)21(19,20)17-8-6-16(7-9-17)14(18)11-4-5-11/h1-3,10-11H,4-9H2. The second-order valence-electron chi connectivity index (χ2n) is 5.46. The Balaban J connectivity index is 1.69. The Morgan fingerprint density at radius 2 is 1.81 bits per heavy atom. The van der Waals surface area contributed by atoms with Crippen molar-refractivity contribution in [3.63, 3.8) is 0 Å². The monoisotopic (exact) mass is 328 g/mol. The number of halogens is 1. The molecule has 1 amide bonds. The van der Waals surface area contributed by atoms with E-state index in [4.69, 9.17) is 11.6 Å². The van der Waals surface area contributed by atoms with Gasteiger partial charge in [0.15, 0.2) is 0 Å². The number of carbonyl (C=O) groups is 1. The first-order chi connectivity index (χ1) is 9.98. The van der Waals surface area contributed by atoms with Crippen LogP contribution in [0, 0.1) is 5.92 Å². The van der Waals surface area contributed by atoms with Gasteiger partial charge in [0.2, 0.25) is 15.9 Å². The molecule has 114 valence electrons. The second kappa shape index (κ2) is 5.59. The first-order valence-corrected chi connectivity index (χ1v) is 8.85. The quantitative estimate of drug-likeness (QED) is 0.846. The fourth-order valence-electron chi connectivity index (χ4n) is 2.51. The fraction of sp³-hybridized carbons (Fsp3) is 0.500. The van der Waals surface area contributed by atoms with Crippen molar-refractivity contribution in [3.8, 4) is 0 Å². The SMILES string of the molecule is O=C(C1CC1)N1CCN(S(=O)(=O)c2cccc(Cl)c2)CC1. The van der Waals surface area contributed by atoms with Crippen molar-refractivity contribution in [1.82, 2.24) is 9.21 Å². The smallest absolute Gasteiger partial charge is 0.243 e. The molecule has 1 saturated carbocycles. The molecule has 0 atom stereocenters. The summed E-state index contributed by atoms with van der Waals surface area (Å²) in [5.41, 5.74) is 0. The number of hydrogen-bond acceptors (Lipinski definition) is 3. The van der Waals surface area contributed by atoms with Gasteiger partial charge in [-0.1, -0.05) is 17.7 Å². The first-order valence-electron chi connectivity index (χ1n) is 7.03. The lowest BCUT2D eigenvalue weighted by Gasteiger charge is -2.34. The van der Waals surface area contributed by atoms with E-state index in [1.54, 1.807) is 23.1 Å². The van der Waals surface area contributed by atoms with Gasteiger partial charge < -0.3 is 4.90 Å². The highest BCUT2D eigenvalue weighted by atomic mass is 35.5. The molecule has 2 fully saturated rings. The predicted octanol–water partition coefficient (Wildman–Crippen LogP) is 1.58. The largest absolute Gasteiger partial charge is 0.340 e. The topological polar surface area (TPSA) is 57.7 Å². The molecule has 21 heavy (non-hydrogen) atoms. The molecule has 1 aliphatic heterocycles. The molecule has 0 N–H and O–H groups in total. The molecule has 3 rings (SSSR count). The van der Waals surface area contributed by atoms with Crippen molar-refractivity contribution in [2.24, 2.45) is 5.92 Å². The van der Waals surface area contributed by atoms with Gasteiger partial charge in [0, 0.05) is 37.1 Å². The number of nitrogens with zero attached hydrogens (tertiary/aromatic N) is 2. The summed E-state index contributed by atoms with van der Waals surface area (Å²) < 4.78 is 26.5. The fourth-order valence-corrected chi connectivity index (χ4v) is 4.24. The Morgan fingerprint density at radius 3 is 2.38 bits per heavy atom. The van der Waals surface area contributed by atoms with Crippen LogP contribution in [0.25, 0.3) is 0 Å². The summed E-state index contributed by atoms with van der Waals surface area (Å²) in [4.78, 5) is 14.0. The summed E-state index contributed by atoms with van der Waals surface area (Å²) in [7, 11) is -3.53. The zero-order valence-corrected chi connectivity index (χ0v) is 13.1. The maximum Gasteiger partial charge on any atom is 0.243 e. The van der Waals surface area contributed by atoms with Crippen LogP contribution in [0.3, 0.4) is 0 Å². The average molecular weight is 329 g/mol. The third-order valence-electron chi connectivity index (χ3n) is 3.91. The highest BCUT2D eigenvalue weighted by Crippen LogP contribution is 2.31. The Kier molecular flexibility index (Phi) is 3.94. The molecule has 1 aliphatic carbocycles. The van der Waals surface area contributed by atoms with Crippen LogP contribution in [-0.4, -0.2) is 49.7 Å². The summed E-state index contributed by atoms with van der Waals surface area (Å²) in [6.07, 6.45) is 1.94. The summed E-state index contributed by atoms with van der Waals surface area (Å²) in [5.74, 6) is 0.357. The molecule has 1 saturated heterocycles. The van der Waals surface area contributed by atoms with Gasteiger partial charge in [0.1, 0.15) is 0 Å². The number of carbonyl (C=O) groups excluding carboxylic acids is 1. The van der Waals surface area contributed by atoms with E-state index < -0.39 is 10.0 Å². The molecule has 0 aromatic heterocycles. The van der Waals surface area contributed by atoms with Crippen LogP contribution in [0.2, 0.25) is 5.02 Å². The van der Waals surface area contributed by atoms with Gasteiger partial charge in [0.25, 0.3) is 0 Å². The lowest BCUT2D eigenvalue weighted by atomic mass is 10.3. The van der Waals surface area contributed by atoms with Crippen molar-refractivity contribution in [1.29, 1.82) is 0 Å². The van der Waals surface area contributed by atoms with Crippen LogP contribution in [0.5, 0.6) is 0 Å². The molecule has 1 aromatic carbocycles. The molecule has 0 spiro atoms. The number of rotatable bonds is 3. The highest BCUT2D eigenvalue weighted by molar-refractivity contribution is 7.89. The van der Waals surface area contributed by atoms with Gasteiger partial charge >= 0.3 is 0 Å². The third-order valence-corrected chi connectivity index (χ3v) is 6.04. The van der Waals surface area contributed by atoms with E-state index in [1.807, 2.05) is 0 Å². The molecule has 5 nitrogen and oxygen atoms in total. The summed E-state index contributed by atoms with van der Waals surface area (Å²) in [6.45, 7) is 1.62. The number of benzene rings is 1. The lowest BCUT2D eigenvalue weighted by molar-refractivity contribution is -0.133. The van der Waals surface area contributed by atoms with Gasteiger partial charge in [-0.15, -0.1) is 0 Å². The van der Waals surface area contributed by atoms with Crippen LogP contribution in [-0.2, 0) is 14.8 Å². The van der Waals surface area contributed by atoms with Crippen LogP contribution in [0.4, 0.5) is 0 Å². The minimum atomic E-state index is -3.53. The van der Waals surface area contributed by atoms with E-state index in [0.717, 1.165) is 12.8 Å². The van der Waals surface area contributed by atoms with Gasteiger partial charge in [-0.05, 0) is 31.0 Å². The van der Waals surface area contributed by atoms with Crippen LogP contribution in [0.15, 0.2) is 29.2 Å². The minimum absolute atomic E-state index is 0.176. The minimum Gasteiger partial charge on any atom is -0.340 e. The Morgan fingerprint density at radius 1 is 1.14 bits per heavy atom. The molecule has 1 aromatic rings. The maximum atomic E-state index is 12.5. The highest BCUT2D eigenvalue weighted by Gasteiger charge is 2.36. The average Bonchev–Trinajstić information content (AvgIpc) is 3.31. The Hall–Kier alpha value is -1.11. The van der Waals surface area contributed by atoms with E-state index in [0.29, 0.717) is 31.2 Å². The van der Waals surface area contributed by atoms with E-state index in [9.17, 15) is 13.2 Å². The van der Waals surface area contributed by atoms with Crippen molar-refractivity contribution >= 4 is 27.5 Å². The van der Waals surface area contributed by atoms with Gasteiger partial charge in [0.05, 0.1) is 4.90 Å². The molecular weight excluding hydrogens is 312 g/mol. The normalized spacial score (nSPS) is 20.5. The molecule has 7 heteroatoms. The van der Waals surface area contributed by atoms with Gasteiger partial charge in [-0.25, -0.2) is 8.42 Å². The number of sulfonamides is 1. The summed E-state index contributed by atoms with van der Waals surface area (Å²) in [5, 5.41) is 0.402. The molecular formula is C14H17ClN2O3S. The van der Waals surface area contributed by atoms with E-state index >= 15 is 0 Å².